The monoisotopic (exact) mass is 258 g/mol. The third-order valence-electron chi connectivity index (χ3n) is 2.97. The number of hydrogen-bond donors (Lipinski definition) is 1. The van der Waals surface area contributed by atoms with Crippen LogP contribution in [0.1, 0.15) is 47.0 Å². The first-order chi connectivity index (χ1) is 8.50. The van der Waals surface area contributed by atoms with Crippen LogP contribution in [0, 0.1) is 0 Å². The van der Waals surface area contributed by atoms with E-state index in [9.17, 15) is 4.79 Å². The Balaban J connectivity index is 4.49. The molecule has 4 heteroatoms. The Hall–Kier alpha value is -0.610. The van der Waals surface area contributed by atoms with Gasteiger partial charge in [-0.3, -0.25) is 4.79 Å². The van der Waals surface area contributed by atoms with Gasteiger partial charge in [0, 0.05) is 6.54 Å². The van der Waals surface area contributed by atoms with Crippen LogP contribution in [0.4, 0.5) is 0 Å². The van der Waals surface area contributed by atoms with Crippen LogP contribution in [0.5, 0.6) is 0 Å². The molecule has 0 aromatic heterocycles. The second kappa shape index (κ2) is 9.34. The smallest absolute Gasteiger partial charge is 0.327 e. The first kappa shape index (κ1) is 17.4. The van der Waals surface area contributed by atoms with Gasteiger partial charge in [0.1, 0.15) is 5.54 Å². The number of carbonyl (C=O) groups excluding carboxylic acids is 1. The van der Waals surface area contributed by atoms with Crippen molar-refractivity contribution in [2.45, 2.75) is 52.5 Å². The van der Waals surface area contributed by atoms with Crippen LogP contribution in [0.15, 0.2) is 0 Å². The van der Waals surface area contributed by atoms with E-state index in [1.807, 2.05) is 13.8 Å². The molecular weight excluding hydrogens is 228 g/mol. The first-order valence-electron chi connectivity index (χ1n) is 7.11. The van der Waals surface area contributed by atoms with E-state index in [-0.39, 0.29) is 5.97 Å². The van der Waals surface area contributed by atoms with Crippen molar-refractivity contribution in [2.24, 2.45) is 0 Å². The number of nitrogens with zero attached hydrogens (tertiary/aromatic N) is 1. The Labute approximate surface area is 112 Å². The van der Waals surface area contributed by atoms with Crippen LogP contribution in [-0.2, 0) is 9.53 Å². The van der Waals surface area contributed by atoms with Gasteiger partial charge < -0.3 is 15.0 Å². The third-order valence-corrected chi connectivity index (χ3v) is 2.97. The van der Waals surface area contributed by atoms with E-state index >= 15 is 0 Å². The third kappa shape index (κ3) is 6.36. The quantitative estimate of drug-likeness (QED) is 0.609. The van der Waals surface area contributed by atoms with E-state index < -0.39 is 5.54 Å². The topological polar surface area (TPSA) is 41.6 Å². The van der Waals surface area contributed by atoms with Crippen LogP contribution < -0.4 is 5.32 Å². The molecule has 0 aliphatic heterocycles. The van der Waals surface area contributed by atoms with Gasteiger partial charge in [-0.05, 0) is 46.8 Å². The summed E-state index contributed by atoms with van der Waals surface area (Å²) in [5, 5.41) is 3.32. The standard InChI is InChI=1S/C14H30N2O2/c1-6-9-11-16(5)12-14(4,15-10-7-2)13(17)18-8-3/h15H,6-12H2,1-5H3. The van der Waals surface area contributed by atoms with Crippen LogP contribution in [-0.4, -0.2) is 49.7 Å². The SMILES string of the molecule is CCCCN(C)CC(C)(NCCC)C(=O)OCC. The zero-order valence-corrected chi connectivity index (χ0v) is 12.7. The molecule has 108 valence electrons. The summed E-state index contributed by atoms with van der Waals surface area (Å²) in [4.78, 5) is 14.3. The number of hydrogen-bond acceptors (Lipinski definition) is 4. The Morgan fingerprint density at radius 3 is 2.44 bits per heavy atom. The highest BCUT2D eigenvalue weighted by molar-refractivity contribution is 5.80. The summed E-state index contributed by atoms with van der Waals surface area (Å²) in [7, 11) is 2.06. The van der Waals surface area contributed by atoms with Crippen molar-refractivity contribution < 1.29 is 9.53 Å². The van der Waals surface area contributed by atoms with Crippen molar-refractivity contribution in [1.82, 2.24) is 10.2 Å². The molecule has 1 atom stereocenters. The average molecular weight is 258 g/mol. The van der Waals surface area contributed by atoms with Crippen molar-refractivity contribution in [3.8, 4) is 0 Å². The van der Waals surface area contributed by atoms with Gasteiger partial charge in [0.05, 0.1) is 6.61 Å². The van der Waals surface area contributed by atoms with Crippen molar-refractivity contribution >= 4 is 5.97 Å². The number of rotatable bonds is 10. The van der Waals surface area contributed by atoms with E-state index in [1.165, 1.54) is 6.42 Å². The maximum absolute atomic E-state index is 12.1. The lowest BCUT2D eigenvalue weighted by molar-refractivity contribution is -0.151. The molecule has 1 N–H and O–H groups in total. The molecule has 0 bridgehead atoms. The van der Waals surface area contributed by atoms with Crippen LogP contribution in [0.2, 0.25) is 0 Å². The largest absolute Gasteiger partial charge is 0.465 e. The molecule has 0 rings (SSSR count). The van der Waals surface area contributed by atoms with Gasteiger partial charge in [-0.1, -0.05) is 20.3 Å². The molecule has 1 unspecified atom stereocenters. The van der Waals surface area contributed by atoms with Gasteiger partial charge >= 0.3 is 5.97 Å². The molecule has 0 fully saturated rings. The highest BCUT2D eigenvalue weighted by atomic mass is 16.5. The molecule has 0 heterocycles. The molecule has 0 spiro atoms. The van der Waals surface area contributed by atoms with Crippen molar-refractivity contribution in [2.75, 3.05) is 33.3 Å². The molecule has 0 aliphatic rings. The molecule has 18 heavy (non-hydrogen) atoms. The lowest BCUT2D eigenvalue weighted by Gasteiger charge is -2.32. The number of esters is 1. The molecule has 0 radical (unpaired) electrons. The fourth-order valence-corrected chi connectivity index (χ4v) is 1.93. The van der Waals surface area contributed by atoms with Crippen LogP contribution in [0.3, 0.4) is 0 Å². The predicted octanol–water partition coefficient (Wildman–Crippen LogP) is 2.04. The molecule has 0 aliphatic carbocycles. The van der Waals surface area contributed by atoms with Crippen molar-refractivity contribution in [3.05, 3.63) is 0 Å². The summed E-state index contributed by atoms with van der Waals surface area (Å²) in [5.41, 5.74) is -0.603. The number of carbonyl (C=O) groups is 1. The van der Waals surface area contributed by atoms with Crippen LogP contribution >= 0.6 is 0 Å². The van der Waals surface area contributed by atoms with E-state index in [0.717, 1.165) is 25.9 Å². The van der Waals surface area contributed by atoms with Crippen LogP contribution in [0.25, 0.3) is 0 Å². The first-order valence-corrected chi connectivity index (χ1v) is 7.11. The average Bonchev–Trinajstić information content (AvgIpc) is 2.34. The molecule has 0 aromatic carbocycles. The molecule has 0 saturated carbocycles. The maximum atomic E-state index is 12.1. The second-order valence-electron chi connectivity index (χ2n) is 5.07. The Bertz CT molecular complexity index is 234. The molecule has 0 aromatic rings. The molecular formula is C14H30N2O2. The number of likely N-dealkylation sites (N-methyl/N-ethyl adjacent to an activating group) is 1. The summed E-state index contributed by atoms with van der Waals surface area (Å²) < 4.78 is 5.18. The predicted molar refractivity (Wildman–Crippen MR) is 75.7 cm³/mol. The minimum atomic E-state index is -0.603. The van der Waals surface area contributed by atoms with Crippen molar-refractivity contribution in [3.63, 3.8) is 0 Å². The number of unbranched alkanes of at least 4 members (excludes halogenated alkanes) is 1. The summed E-state index contributed by atoms with van der Waals surface area (Å²) in [6.45, 7) is 11.0. The fourth-order valence-electron chi connectivity index (χ4n) is 1.93. The zero-order chi connectivity index (χ0) is 14.0. The van der Waals surface area contributed by atoms with E-state index in [1.54, 1.807) is 0 Å². The van der Waals surface area contributed by atoms with E-state index in [4.69, 9.17) is 4.74 Å². The van der Waals surface area contributed by atoms with Gasteiger partial charge in [-0.25, -0.2) is 0 Å². The van der Waals surface area contributed by atoms with Gasteiger partial charge in [-0.2, -0.15) is 0 Å². The minimum absolute atomic E-state index is 0.151. The Kier molecular flexibility index (Phi) is 9.02. The Morgan fingerprint density at radius 2 is 1.94 bits per heavy atom. The van der Waals surface area contributed by atoms with Gasteiger partial charge in [0.15, 0.2) is 0 Å². The molecule has 0 amide bonds. The summed E-state index contributed by atoms with van der Waals surface area (Å²) >= 11 is 0. The Morgan fingerprint density at radius 1 is 1.28 bits per heavy atom. The normalized spacial score (nSPS) is 14.6. The van der Waals surface area contributed by atoms with Crippen molar-refractivity contribution in [1.29, 1.82) is 0 Å². The highest BCUT2D eigenvalue weighted by Gasteiger charge is 2.35. The van der Waals surface area contributed by atoms with Gasteiger partial charge in [0.2, 0.25) is 0 Å². The molecule has 0 saturated heterocycles. The summed E-state index contributed by atoms with van der Waals surface area (Å²) in [5.74, 6) is -0.151. The minimum Gasteiger partial charge on any atom is -0.465 e. The van der Waals surface area contributed by atoms with Gasteiger partial charge in [-0.15, -0.1) is 0 Å². The number of nitrogens with one attached hydrogen (secondary N) is 1. The summed E-state index contributed by atoms with van der Waals surface area (Å²) in [6, 6.07) is 0. The lowest BCUT2D eigenvalue weighted by atomic mass is 10.0. The lowest BCUT2D eigenvalue weighted by Crippen LogP contribution is -2.57. The van der Waals surface area contributed by atoms with E-state index in [2.05, 4.69) is 31.1 Å². The molecule has 4 nitrogen and oxygen atoms in total. The van der Waals surface area contributed by atoms with Gasteiger partial charge in [0.25, 0.3) is 0 Å². The highest BCUT2D eigenvalue weighted by Crippen LogP contribution is 2.10. The number of ether oxygens (including phenoxy) is 1. The fraction of sp³-hybridized carbons (Fsp3) is 0.929. The second-order valence-corrected chi connectivity index (χ2v) is 5.07. The maximum Gasteiger partial charge on any atom is 0.327 e. The summed E-state index contributed by atoms with van der Waals surface area (Å²) in [6.07, 6.45) is 3.33. The van der Waals surface area contributed by atoms with E-state index in [0.29, 0.717) is 13.2 Å². The zero-order valence-electron chi connectivity index (χ0n) is 12.7.